The second kappa shape index (κ2) is 8.55. The van der Waals surface area contributed by atoms with Crippen LogP contribution in [-0.2, 0) is 9.59 Å². The number of aliphatic hydroxyl groups is 1. The predicted octanol–water partition coefficient (Wildman–Crippen LogP) is 5.69. The van der Waals surface area contributed by atoms with Gasteiger partial charge in [-0.1, -0.05) is 37.6 Å². The fraction of sp³-hybridized carbons (Fsp3) is 0.200. The Labute approximate surface area is 190 Å². The van der Waals surface area contributed by atoms with Crippen LogP contribution in [0, 0.1) is 0 Å². The zero-order chi connectivity index (χ0) is 23.0. The minimum Gasteiger partial charge on any atom is -0.507 e. The van der Waals surface area contributed by atoms with Crippen LogP contribution in [0.2, 0.25) is 5.02 Å². The molecule has 6 nitrogen and oxygen atoms in total. The number of carbonyl (C=O) groups excluding carboxylic acids is 2. The van der Waals surface area contributed by atoms with Gasteiger partial charge in [0.25, 0.3) is 11.7 Å². The van der Waals surface area contributed by atoms with E-state index in [1.165, 1.54) is 24.3 Å². The Morgan fingerprint density at radius 2 is 1.84 bits per heavy atom. The molecule has 32 heavy (non-hydrogen) atoms. The maximum atomic E-state index is 13.1. The van der Waals surface area contributed by atoms with E-state index in [0.717, 1.165) is 5.56 Å². The molecule has 1 aliphatic heterocycles. The SMILES string of the molecule is COc1ccc(Cl)cc1/C(O)=C1/C(=O)C(=O)N(c2ccc(C(C)C)cc2)C1c1ccco1. The van der Waals surface area contributed by atoms with Crippen LogP contribution >= 0.6 is 11.6 Å². The summed E-state index contributed by atoms with van der Waals surface area (Å²) in [4.78, 5) is 27.6. The molecule has 7 heteroatoms. The highest BCUT2D eigenvalue weighted by Gasteiger charge is 2.48. The van der Waals surface area contributed by atoms with Gasteiger partial charge in [0.05, 0.1) is 24.5 Å². The molecule has 1 aliphatic rings. The molecule has 1 saturated heterocycles. The summed E-state index contributed by atoms with van der Waals surface area (Å²) in [5, 5.41) is 11.5. The predicted molar refractivity (Wildman–Crippen MR) is 122 cm³/mol. The summed E-state index contributed by atoms with van der Waals surface area (Å²) in [6, 6.07) is 14.5. The zero-order valence-electron chi connectivity index (χ0n) is 17.8. The second-order valence-corrected chi connectivity index (χ2v) is 8.21. The number of benzene rings is 2. The third-order valence-electron chi connectivity index (χ3n) is 5.51. The van der Waals surface area contributed by atoms with Crippen molar-refractivity contribution in [1.82, 2.24) is 0 Å². The Balaban J connectivity index is 1.91. The lowest BCUT2D eigenvalue weighted by atomic mass is 9.98. The average molecular weight is 452 g/mol. The highest BCUT2D eigenvalue weighted by Crippen LogP contribution is 2.43. The fourth-order valence-electron chi connectivity index (χ4n) is 3.85. The standard InChI is InChI=1S/C25H22ClNO5/c1-14(2)15-6-9-17(10-7-15)27-22(20-5-4-12-32-20)21(24(29)25(27)30)23(28)18-13-16(26)8-11-19(18)31-3/h4-14,22,28H,1-3H3/b23-21-. The normalized spacial score (nSPS) is 17.9. The molecular weight excluding hydrogens is 430 g/mol. The van der Waals surface area contributed by atoms with Crippen molar-refractivity contribution in [1.29, 1.82) is 0 Å². The number of methoxy groups -OCH3 is 1. The van der Waals surface area contributed by atoms with Gasteiger partial charge in [-0.3, -0.25) is 14.5 Å². The van der Waals surface area contributed by atoms with E-state index in [1.807, 2.05) is 12.1 Å². The van der Waals surface area contributed by atoms with Crippen molar-refractivity contribution in [3.05, 3.63) is 88.3 Å². The van der Waals surface area contributed by atoms with Crippen molar-refractivity contribution in [3.8, 4) is 5.75 Å². The van der Waals surface area contributed by atoms with Gasteiger partial charge in [-0.2, -0.15) is 0 Å². The number of anilines is 1. The van der Waals surface area contributed by atoms with Gasteiger partial charge in [0, 0.05) is 10.7 Å². The smallest absolute Gasteiger partial charge is 0.300 e. The summed E-state index contributed by atoms with van der Waals surface area (Å²) < 4.78 is 10.9. The van der Waals surface area contributed by atoms with E-state index in [-0.39, 0.29) is 16.9 Å². The average Bonchev–Trinajstić information content (AvgIpc) is 3.40. The van der Waals surface area contributed by atoms with Gasteiger partial charge >= 0.3 is 0 Å². The van der Waals surface area contributed by atoms with Crippen LogP contribution in [0.15, 0.2) is 70.9 Å². The highest BCUT2D eigenvalue weighted by atomic mass is 35.5. The number of rotatable bonds is 5. The first-order valence-electron chi connectivity index (χ1n) is 10.1. The van der Waals surface area contributed by atoms with Crippen molar-refractivity contribution in [2.75, 3.05) is 12.0 Å². The van der Waals surface area contributed by atoms with Crippen LogP contribution in [0.4, 0.5) is 5.69 Å². The maximum Gasteiger partial charge on any atom is 0.300 e. The molecule has 1 fully saturated rings. The van der Waals surface area contributed by atoms with Gasteiger partial charge in [0.1, 0.15) is 23.3 Å². The van der Waals surface area contributed by atoms with Gasteiger partial charge in [0.15, 0.2) is 0 Å². The number of hydrogen-bond donors (Lipinski definition) is 1. The first-order valence-corrected chi connectivity index (χ1v) is 10.5. The number of carbonyl (C=O) groups is 2. The first kappa shape index (κ1) is 21.7. The van der Waals surface area contributed by atoms with Crippen LogP contribution in [-0.4, -0.2) is 23.9 Å². The van der Waals surface area contributed by atoms with Crippen LogP contribution in [0.3, 0.4) is 0 Å². The molecule has 4 rings (SSSR count). The number of Topliss-reactive ketones (excluding diaryl/α,β-unsaturated/α-hetero) is 1. The molecule has 164 valence electrons. The lowest BCUT2D eigenvalue weighted by Crippen LogP contribution is -2.29. The van der Waals surface area contributed by atoms with Gasteiger partial charge in [0.2, 0.25) is 0 Å². The van der Waals surface area contributed by atoms with E-state index < -0.39 is 17.7 Å². The summed E-state index contributed by atoms with van der Waals surface area (Å²) in [7, 11) is 1.44. The van der Waals surface area contributed by atoms with Crippen LogP contribution < -0.4 is 9.64 Å². The van der Waals surface area contributed by atoms with E-state index in [2.05, 4.69) is 13.8 Å². The Kier molecular flexibility index (Phi) is 5.80. The quantitative estimate of drug-likeness (QED) is 0.306. The molecule has 0 saturated carbocycles. The molecule has 1 aromatic heterocycles. The largest absolute Gasteiger partial charge is 0.507 e. The molecule has 3 aromatic rings. The van der Waals surface area contributed by atoms with Gasteiger partial charge in [-0.15, -0.1) is 0 Å². The van der Waals surface area contributed by atoms with Crippen LogP contribution in [0.5, 0.6) is 5.75 Å². The molecule has 1 atom stereocenters. The summed E-state index contributed by atoms with van der Waals surface area (Å²) in [5.74, 6) is -0.983. The molecule has 2 aromatic carbocycles. The fourth-order valence-corrected chi connectivity index (χ4v) is 4.02. The van der Waals surface area contributed by atoms with Gasteiger partial charge in [-0.05, 0) is 53.9 Å². The lowest BCUT2D eigenvalue weighted by molar-refractivity contribution is -0.132. The maximum absolute atomic E-state index is 13.1. The molecule has 0 bridgehead atoms. The molecule has 1 amide bonds. The summed E-state index contributed by atoms with van der Waals surface area (Å²) in [6.07, 6.45) is 1.46. The minimum atomic E-state index is -0.946. The van der Waals surface area contributed by atoms with Crippen molar-refractivity contribution < 1.29 is 23.8 Å². The number of nitrogens with zero attached hydrogens (tertiary/aromatic N) is 1. The number of aliphatic hydroxyl groups excluding tert-OH is 1. The number of halogens is 1. The molecular formula is C25H22ClNO5. The third kappa shape index (κ3) is 3.67. The minimum absolute atomic E-state index is 0.0987. The van der Waals surface area contributed by atoms with Crippen LogP contribution in [0.1, 0.15) is 42.7 Å². The monoisotopic (exact) mass is 451 g/mol. The Morgan fingerprint density at radius 3 is 2.44 bits per heavy atom. The third-order valence-corrected chi connectivity index (χ3v) is 5.75. The molecule has 1 unspecified atom stereocenters. The number of furan rings is 1. The first-order chi connectivity index (χ1) is 15.3. The summed E-state index contributed by atoms with van der Waals surface area (Å²) in [6.45, 7) is 4.14. The van der Waals surface area contributed by atoms with E-state index in [4.69, 9.17) is 20.8 Å². The number of hydrogen-bond acceptors (Lipinski definition) is 5. The van der Waals surface area contributed by atoms with E-state index in [9.17, 15) is 14.7 Å². The topological polar surface area (TPSA) is 80.0 Å². The van der Waals surface area contributed by atoms with Gasteiger partial charge in [-0.25, -0.2) is 0 Å². The molecule has 2 heterocycles. The van der Waals surface area contributed by atoms with E-state index in [0.29, 0.717) is 28.1 Å². The van der Waals surface area contributed by atoms with Gasteiger partial charge < -0.3 is 14.3 Å². The molecule has 0 radical (unpaired) electrons. The molecule has 0 spiro atoms. The van der Waals surface area contributed by atoms with Crippen molar-refractivity contribution >= 4 is 34.7 Å². The lowest BCUT2D eigenvalue weighted by Gasteiger charge is -2.24. The summed E-state index contributed by atoms with van der Waals surface area (Å²) in [5.41, 5.74) is 1.74. The summed E-state index contributed by atoms with van der Waals surface area (Å²) >= 11 is 6.12. The highest BCUT2D eigenvalue weighted by molar-refractivity contribution is 6.51. The number of ketones is 1. The number of amides is 1. The Morgan fingerprint density at radius 1 is 1.12 bits per heavy atom. The molecule has 0 aliphatic carbocycles. The zero-order valence-corrected chi connectivity index (χ0v) is 18.6. The van der Waals surface area contributed by atoms with Crippen molar-refractivity contribution in [2.45, 2.75) is 25.8 Å². The van der Waals surface area contributed by atoms with Crippen molar-refractivity contribution in [3.63, 3.8) is 0 Å². The van der Waals surface area contributed by atoms with Crippen LogP contribution in [0.25, 0.3) is 5.76 Å². The van der Waals surface area contributed by atoms with Crippen molar-refractivity contribution in [2.24, 2.45) is 0 Å². The Hall–Kier alpha value is -3.51. The number of ether oxygens (including phenoxy) is 1. The molecule has 1 N–H and O–H groups in total. The van der Waals surface area contributed by atoms with E-state index in [1.54, 1.807) is 36.4 Å². The second-order valence-electron chi connectivity index (χ2n) is 7.78. The van der Waals surface area contributed by atoms with E-state index >= 15 is 0 Å². The Bertz CT molecular complexity index is 1200.